The molecular weight excluding hydrogens is 186 g/mol. The van der Waals surface area contributed by atoms with E-state index in [1.54, 1.807) is 0 Å². The summed E-state index contributed by atoms with van der Waals surface area (Å²) < 4.78 is 0. The molecule has 2 unspecified atom stereocenters. The van der Waals surface area contributed by atoms with Gasteiger partial charge in [0, 0.05) is 19.6 Å². The van der Waals surface area contributed by atoms with Gasteiger partial charge in [0.2, 0.25) is 0 Å². The number of hydrogen-bond acceptors (Lipinski definition) is 3. The molecule has 1 rings (SSSR count). The Bertz CT molecular complexity index is 244. The summed E-state index contributed by atoms with van der Waals surface area (Å²) >= 11 is 0. The van der Waals surface area contributed by atoms with Crippen LogP contribution in [0, 0.1) is 5.92 Å². The fourth-order valence-corrected chi connectivity index (χ4v) is 1.37. The van der Waals surface area contributed by atoms with E-state index in [4.69, 9.17) is 10.8 Å². The van der Waals surface area contributed by atoms with E-state index in [9.17, 15) is 9.59 Å². The van der Waals surface area contributed by atoms with Crippen LogP contribution < -0.4 is 11.1 Å². The second-order valence-electron chi connectivity index (χ2n) is 3.64. The predicted molar refractivity (Wildman–Crippen MR) is 49.7 cm³/mol. The lowest BCUT2D eigenvalue weighted by atomic mass is 10.1. The molecule has 0 aromatic carbocycles. The van der Waals surface area contributed by atoms with Gasteiger partial charge in [-0.05, 0) is 5.92 Å². The normalized spacial score (nSPS) is 24.3. The second kappa shape index (κ2) is 4.28. The lowest BCUT2D eigenvalue weighted by Gasteiger charge is -2.32. The Kier molecular flexibility index (Phi) is 3.29. The number of carboxylic acids is 1. The van der Waals surface area contributed by atoms with E-state index in [1.807, 2.05) is 6.92 Å². The number of nitrogens with zero attached hydrogens (tertiary/aromatic N) is 1. The molecular formula is C8H15N3O3. The van der Waals surface area contributed by atoms with Crippen LogP contribution in [0.3, 0.4) is 0 Å². The Morgan fingerprint density at radius 1 is 1.86 bits per heavy atom. The lowest BCUT2D eigenvalue weighted by Crippen LogP contribution is -2.54. The molecule has 0 aromatic heterocycles. The summed E-state index contributed by atoms with van der Waals surface area (Å²) in [7, 11) is 0. The number of hydrogen-bond donors (Lipinski definition) is 3. The zero-order chi connectivity index (χ0) is 10.7. The van der Waals surface area contributed by atoms with E-state index in [0.717, 1.165) is 0 Å². The first-order chi connectivity index (χ1) is 6.50. The van der Waals surface area contributed by atoms with Crippen LogP contribution in [0.5, 0.6) is 0 Å². The van der Waals surface area contributed by atoms with Crippen LogP contribution in [-0.2, 0) is 4.79 Å². The molecule has 6 heteroatoms. The summed E-state index contributed by atoms with van der Waals surface area (Å²) in [5, 5.41) is 11.2. The molecule has 1 aliphatic rings. The molecule has 1 aliphatic heterocycles. The topological polar surface area (TPSA) is 95.7 Å². The molecule has 0 radical (unpaired) electrons. The van der Waals surface area contributed by atoms with Crippen molar-refractivity contribution in [1.29, 1.82) is 0 Å². The van der Waals surface area contributed by atoms with Gasteiger partial charge in [-0.1, -0.05) is 6.92 Å². The van der Waals surface area contributed by atoms with Gasteiger partial charge >= 0.3 is 12.0 Å². The van der Waals surface area contributed by atoms with Gasteiger partial charge in [-0.2, -0.15) is 0 Å². The Labute approximate surface area is 82.1 Å². The van der Waals surface area contributed by atoms with E-state index >= 15 is 0 Å². The van der Waals surface area contributed by atoms with Gasteiger partial charge in [-0.15, -0.1) is 0 Å². The maximum absolute atomic E-state index is 11.3. The SMILES string of the molecule is CC1CNC(=O)N(CC(N)C(=O)O)C1. The van der Waals surface area contributed by atoms with Crippen LogP contribution in [0.15, 0.2) is 0 Å². The third kappa shape index (κ3) is 2.59. The van der Waals surface area contributed by atoms with Crippen molar-refractivity contribution >= 4 is 12.0 Å². The maximum Gasteiger partial charge on any atom is 0.322 e. The summed E-state index contributed by atoms with van der Waals surface area (Å²) in [5.41, 5.74) is 5.33. The average molecular weight is 201 g/mol. The summed E-state index contributed by atoms with van der Waals surface area (Å²) in [6.07, 6.45) is 0. The summed E-state index contributed by atoms with van der Waals surface area (Å²) in [5.74, 6) is -0.760. The fraction of sp³-hybridized carbons (Fsp3) is 0.750. The maximum atomic E-state index is 11.3. The summed E-state index contributed by atoms with van der Waals surface area (Å²) in [4.78, 5) is 23.2. The highest BCUT2D eigenvalue weighted by Gasteiger charge is 2.25. The van der Waals surface area contributed by atoms with Crippen molar-refractivity contribution < 1.29 is 14.7 Å². The van der Waals surface area contributed by atoms with Crippen molar-refractivity contribution in [3.05, 3.63) is 0 Å². The van der Waals surface area contributed by atoms with Crippen LogP contribution in [0.1, 0.15) is 6.92 Å². The minimum atomic E-state index is -1.09. The number of amides is 2. The van der Waals surface area contributed by atoms with Gasteiger partial charge in [-0.3, -0.25) is 4.79 Å². The number of urea groups is 1. The smallest absolute Gasteiger partial charge is 0.322 e. The number of nitrogens with two attached hydrogens (primary N) is 1. The summed E-state index contributed by atoms with van der Waals surface area (Å²) in [6, 6.07) is -1.24. The zero-order valence-corrected chi connectivity index (χ0v) is 8.06. The molecule has 1 heterocycles. The third-order valence-corrected chi connectivity index (χ3v) is 2.16. The molecule has 80 valence electrons. The molecule has 0 aliphatic carbocycles. The monoisotopic (exact) mass is 201 g/mol. The van der Waals surface area contributed by atoms with Crippen molar-refractivity contribution in [3.63, 3.8) is 0 Å². The first-order valence-corrected chi connectivity index (χ1v) is 4.52. The summed E-state index contributed by atoms with van der Waals surface area (Å²) in [6.45, 7) is 3.24. The number of nitrogens with one attached hydrogen (secondary N) is 1. The van der Waals surface area contributed by atoms with Crippen LogP contribution in [0.25, 0.3) is 0 Å². The molecule has 0 spiro atoms. The van der Waals surface area contributed by atoms with Crippen molar-refractivity contribution in [2.24, 2.45) is 11.7 Å². The minimum Gasteiger partial charge on any atom is -0.480 e. The highest BCUT2D eigenvalue weighted by molar-refractivity contribution is 5.77. The third-order valence-electron chi connectivity index (χ3n) is 2.16. The quantitative estimate of drug-likeness (QED) is 0.549. The van der Waals surface area contributed by atoms with Gasteiger partial charge in [0.05, 0.1) is 0 Å². The molecule has 2 atom stereocenters. The minimum absolute atomic E-state index is 0.0610. The van der Waals surface area contributed by atoms with E-state index in [-0.39, 0.29) is 12.6 Å². The number of aliphatic carboxylic acids is 1. The fourth-order valence-electron chi connectivity index (χ4n) is 1.37. The standard InChI is InChI=1S/C8H15N3O3/c1-5-2-10-8(14)11(3-5)4-6(9)7(12)13/h5-6H,2-4,9H2,1H3,(H,10,14)(H,12,13). The van der Waals surface area contributed by atoms with Gasteiger partial charge in [-0.25, -0.2) is 4.79 Å². The molecule has 14 heavy (non-hydrogen) atoms. The molecule has 0 aromatic rings. The Balaban J connectivity index is 2.49. The second-order valence-corrected chi connectivity index (χ2v) is 3.64. The van der Waals surface area contributed by atoms with Crippen LogP contribution >= 0.6 is 0 Å². The van der Waals surface area contributed by atoms with Gasteiger partial charge < -0.3 is 21.1 Å². The zero-order valence-electron chi connectivity index (χ0n) is 8.06. The molecule has 1 fully saturated rings. The Morgan fingerprint density at radius 2 is 2.50 bits per heavy atom. The van der Waals surface area contributed by atoms with E-state index < -0.39 is 12.0 Å². The molecule has 2 amide bonds. The molecule has 1 saturated heterocycles. The molecule has 0 saturated carbocycles. The highest BCUT2D eigenvalue weighted by Crippen LogP contribution is 2.05. The van der Waals surface area contributed by atoms with E-state index in [1.165, 1.54) is 4.90 Å². The van der Waals surface area contributed by atoms with Gasteiger partial charge in [0.25, 0.3) is 0 Å². The Morgan fingerprint density at radius 3 is 3.07 bits per heavy atom. The largest absolute Gasteiger partial charge is 0.480 e. The molecule has 4 N–H and O–H groups in total. The van der Waals surface area contributed by atoms with Gasteiger partial charge in [0.15, 0.2) is 0 Å². The Hall–Kier alpha value is -1.30. The van der Waals surface area contributed by atoms with Crippen molar-refractivity contribution in [1.82, 2.24) is 10.2 Å². The van der Waals surface area contributed by atoms with E-state index in [0.29, 0.717) is 19.0 Å². The number of carbonyl (C=O) groups is 2. The average Bonchev–Trinajstić information content (AvgIpc) is 2.11. The van der Waals surface area contributed by atoms with Crippen LogP contribution in [0.2, 0.25) is 0 Å². The molecule has 0 bridgehead atoms. The first kappa shape index (κ1) is 10.8. The predicted octanol–water partition coefficient (Wildman–Crippen LogP) is -0.940. The number of rotatable bonds is 3. The van der Waals surface area contributed by atoms with Crippen molar-refractivity contribution in [2.45, 2.75) is 13.0 Å². The number of carboxylic acid groups (broad SMARTS) is 1. The number of carbonyl (C=O) groups excluding carboxylic acids is 1. The van der Waals surface area contributed by atoms with Crippen molar-refractivity contribution in [2.75, 3.05) is 19.6 Å². The van der Waals surface area contributed by atoms with Crippen molar-refractivity contribution in [3.8, 4) is 0 Å². The molecule has 6 nitrogen and oxygen atoms in total. The van der Waals surface area contributed by atoms with Crippen LogP contribution in [-0.4, -0.2) is 47.7 Å². The van der Waals surface area contributed by atoms with Crippen LogP contribution in [0.4, 0.5) is 4.79 Å². The first-order valence-electron chi connectivity index (χ1n) is 4.52. The highest BCUT2D eigenvalue weighted by atomic mass is 16.4. The lowest BCUT2D eigenvalue weighted by molar-refractivity contribution is -0.138. The van der Waals surface area contributed by atoms with Gasteiger partial charge in [0.1, 0.15) is 6.04 Å². The van der Waals surface area contributed by atoms with E-state index in [2.05, 4.69) is 5.32 Å².